The number of halogens is 1. The number of thiazole rings is 1. The van der Waals surface area contributed by atoms with Crippen LogP contribution in [0.15, 0.2) is 53.9 Å². The van der Waals surface area contributed by atoms with Gasteiger partial charge in [0.05, 0.1) is 0 Å². The van der Waals surface area contributed by atoms with Gasteiger partial charge in [-0.1, -0.05) is 23.7 Å². The highest BCUT2D eigenvalue weighted by molar-refractivity contribution is 7.13. The number of esters is 1. The number of rotatable bonds is 8. The number of hydrogen-bond donors (Lipinski definition) is 1. The smallest absolute Gasteiger partial charge is 0.358 e. The lowest BCUT2D eigenvalue weighted by Gasteiger charge is -2.18. The number of anilines is 1. The van der Waals surface area contributed by atoms with E-state index in [-0.39, 0.29) is 11.6 Å². The van der Waals surface area contributed by atoms with Gasteiger partial charge < -0.3 is 15.0 Å². The van der Waals surface area contributed by atoms with E-state index in [2.05, 4.69) is 10.3 Å². The fraction of sp³-hybridized carbons (Fsp3) is 0.217. The van der Waals surface area contributed by atoms with Gasteiger partial charge in [0.1, 0.15) is 5.01 Å². The second-order valence-electron chi connectivity index (χ2n) is 6.73. The number of amides is 2. The van der Waals surface area contributed by atoms with Gasteiger partial charge in [0.2, 0.25) is 0 Å². The Morgan fingerprint density at radius 3 is 2.47 bits per heavy atom. The molecule has 0 fully saturated rings. The van der Waals surface area contributed by atoms with Crippen LogP contribution in [-0.2, 0) is 9.53 Å². The van der Waals surface area contributed by atoms with Crippen molar-refractivity contribution in [3.8, 4) is 10.6 Å². The van der Waals surface area contributed by atoms with Crippen LogP contribution in [0.3, 0.4) is 0 Å². The first-order chi connectivity index (χ1) is 15.4. The molecular formula is C23H22ClN3O4S. The van der Waals surface area contributed by atoms with Crippen LogP contribution >= 0.6 is 22.9 Å². The van der Waals surface area contributed by atoms with Crippen LogP contribution in [-0.4, -0.2) is 47.4 Å². The van der Waals surface area contributed by atoms with Crippen molar-refractivity contribution in [2.24, 2.45) is 0 Å². The first-order valence-corrected chi connectivity index (χ1v) is 11.2. The fourth-order valence-corrected chi connectivity index (χ4v) is 3.89. The van der Waals surface area contributed by atoms with Crippen molar-refractivity contribution in [3.05, 3.63) is 70.2 Å². The summed E-state index contributed by atoms with van der Waals surface area (Å²) in [5.41, 5.74) is 1.95. The summed E-state index contributed by atoms with van der Waals surface area (Å²) in [6, 6.07) is 13.7. The molecule has 1 aromatic heterocycles. The number of carbonyl (C=O) groups excluding carboxylic acids is 3. The molecule has 0 aliphatic rings. The van der Waals surface area contributed by atoms with Crippen molar-refractivity contribution in [1.82, 2.24) is 9.88 Å². The Morgan fingerprint density at radius 2 is 1.81 bits per heavy atom. The number of benzene rings is 2. The molecule has 0 aliphatic heterocycles. The van der Waals surface area contributed by atoms with Crippen molar-refractivity contribution in [3.63, 3.8) is 0 Å². The first kappa shape index (κ1) is 23.4. The maximum absolute atomic E-state index is 12.3. The molecule has 0 spiro atoms. The van der Waals surface area contributed by atoms with Gasteiger partial charge in [-0.3, -0.25) is 9.59 Å². The minimum atomic E-state index is -0.690. The van der Waals surface area contributed by atoms with Gasteiger partial charge in [-0.05, 0) is 50.2 Å². The topological polar surface area (TPSA) is 88.6 Å². The molecule has 166 valence electrons. The predicted octanol–water partition coefficient (Wildman–Crippen LogP) is 4.74. The van der Waals surface area contributed by atoms with Crippen molar-refractivity contribution in [1.29, 1.82) is 0 Å². The number of hydrogen-bond acceptors (Lipinski definition) is 6. The summed E-state index contributed by atoms with van der Waals surface area (Å²) in [5, 5.41) is 5.41. The zero-order chi connectivity index (χ0) is 23.1. The lowest BCUT2D eigenvalue weighted by atomic mass is 10.2. The number of ether oxygens (including phenoxy) is 1. The molecule has 7 nitrogen and oxygen atoms in total. The average Bonchev–Trinajstić information content (AvgIpc) is 3.29. The highest BCUT2D eigenvalue weighted by Gasteiger charge is 2.16. The second kappa shape index (κ2) is 10.9. The normalized spacial score (nSPS) is 10.5. The zero-order valence-corrected chi connectivity index (χ0v) is 19.2. The van der Waals surface area contributed by atoms with Crippen LogP contribution in [0.1, 0.15) is 34.7 Å². The highest BCUT2D eigenvalue weighted by Crippen LogP contribution is 2.26. The van der Waals surface area contributed by atoms with E-state index >= 15 is 0 Å². The monoisotopic (exact) mass is 471 g/mol. The fourth-order valence-electron chi connectivity index (χ4n) is 2.91. The molecule has 0 atom stereocenters. The molecule has 3 rings (SSSR count). The van der Waals surface area contributed by atoms with Crippen LogP contribution in [0.2, 0.25) is 5.02 Å². The number of carbonyl (C=O) groups is 3. The van der Waals surface area contributed by atoms with Crippen molar-refractivity contribution >= 4 is 46.4 Å². The standard InChI is InChI=1S/C23H22ClN3O4S/c1-3-27(4-2)22(29)15-8-10-18(11-9-15)25-20(28)13-31-23(30)19-14-32-21(26-19)16-6-5-7-17(24)12-16/h5-12,14H,3-4,13H2,1-2H3,(H,25,28). The van der Waals surface area contributed by atoms with Gasteiger partial charge in [0, 0.05) is 40.3 Å². The summed E-state index contributed by atoms with van der Waals surface area (Å²) in [7, 11) is 0. The van der Waals surface area contributed by atoms with E-state index in [9.17, 15) is 14.4 Å². The van der Waals surface area contributed by atoms with Crippen molar-refractivity contribution in [2.45, 2.75) is 13.8 Å². The van der Waals surface area contributed by atoms with Gasteiger partial charge in [0.15, 0.2) is 12.3 Å². The van der Waals surface area contributed by atoms with E-state index < -0.39 is 18.5 Å². The quantitative estimate of drug-likeness (QED) is 0.479. The first-order valence-electron chi connectivity index (χ1n) is 9.99. The number of nitrogens with zero attached hydrogens (tertiary/aromatic N) is 2. The molecule has 32 heavy (non-hydrogen) atoms. The van der Waals surface area contributed by atoms with Crippen molar-refractivity contribution in [2.75, 3.05) is 25.0 Å². The van der Waals surface area contributed by atoms with Crippen LogP contribution in [0, 0.1) is 0 Å². The molecule has 2 aromatic carbocycles. The summed E-state index contributed by atoms with van der Waals surface area (Å²) in [5.74, 6) is -1.25. The van der Waals surface area contributed by atoms with E-state index in [1.54, 1.807) is 52.7 Å². The Morgan fingerprint density at radius 1 is 1.09 bits per heavy atom. The van der Waals surface area contributed by atoms with Crippen LogP contribution in [0.25, 0.3) is 10.6 Å². The number of aromatic nitrogens is 1. The third-order valence-electron chi connectivity index (χ3n) is 4.59. The van der Waals surface area contributed by atoms with Gasteiger partial charge in [-0.2, -0.15) is 0 Å². The molecule has 3 aromatic rings. The molecule has 0 saturated heterocycles. The second-order valence-corrected chi connectivity index (χ2v) is 8.02. The Labute approximate surface area is 195 Å². The van der Waals surface area contributed by atoms with Crippen LogP contribution in [0.5, 0.6) is 0 Å². The summed E-state index contributed by atoms with van der Waals surface area (Å²) in [4.78, 5) is 42.7. The maximum Gasteiger partial charge on any atom is 0.358 e. The van der Waals surface area contributed by atoms with E-state index in [1.165, 1.54) is 11.3 Å². The molecule has 0 radical (unpaired) electrons. The maximum atomic E-state index is 12.3. The Balaban J connectivity index is 1.53. The highest BCUT2D eigenvalue weighted by atomic mass is 35.5. The van der Waals surface area contributed by atoms with Gasteiger partial charge in [0.25, 0.3) is 11.8 Å². The lowest BCUT2D eigenvalue weighted by Crippen LogP contribution is -2.30. The van der Waals surface area contributed by atoms with Crippen LogP contribution < -0.4 is 5.32 Å². The van der Waals surface area contributed by atoms with Gasteiger partial charge >= 0.3 is 5.97 Å². The molecule has 1 heterocycles. The minimum absolute atomic E-state index is 0.0674. The molecule has 0 saturated carbocycles. The predicted molar refractivity (Wildman–Crippen MR) is 125 cm³/mol. The molecular weight excluding hydrogens is 450 g/mol. The SMILES string of the molecule is CCN(CC)C(=O)c1ccc(NC(=O)COC(=O)c2csc(-c3cccc(Cl)c3)n2)cc1. The van der Waals surface area contributed by atoms with Crippen LogP contribution in [0.4, 0.5) is 5.69 Å². The van der Waals surface area contributed by atoms with E-state index in [1.807, 2.05) is 19.9 Å². The largest absolute Gasteiger partial charge is 0.451 e. The van der Waals surface area contributed by atoms with Gasteiger partial charge in [-0.15, -0.1) is 11.3 Å². The molecule has 0 aliphatic carbocycles. The molecule has 9 heteroatoms. The minimum Gasteiger partial charge on any atom is -0.451 e. The average molecular weight is 472 g/mol. The third kappa shape index (κ3) is 5.93. The zero-order valence-electron chi connectivity index (χ0n) is 17.6. The van der Waals surface area contributed by atoms with Gasteiger partial charge in [-0.25, -0.2) is 9.78 Å². The molecule has 2 amide bonds. The molecule has 0 bridgehead atoms. The molecule has 1 N–H and O–H groups in total. The Kier molecular flexibility index (Phi) is 7.97. The number of nitrogens with one attached hydrogen (secondary N) is 1. The van der Waals surface area contributed by atoms with E-state index in [0.717, 1.165) is 5.56 Å². The lowest BCUT2D eigenvalue weighted by molar-refractivity contribution is -0.119. The summed E-state index contributed by atoms with van der Waals surface area (Å²) >= 11 is 7.27. The van der Waals surface area contributed by atoms with E-state index in [4.69, 9.17) is 16.3 Å². The summed E-state index contributed by atoms with van der Waals surface area (Å²) in [6.07, 6.45) is 0. The van der Waals surface area contributed by atoms with Crippen molar-refractivity contribution < 1.29 is 19.1 Å². The molecule has 0 unspecified atom stereocenters. The Bertz CT molecular complexity index is 1110. The third-order valence-corrected chi connectivity index (χ3v) is 5.71. The Hall–Kier alpha value is -3.23. The summed E-state index contributed by atoms with van der Waals surface area (Å²) < 4.78 is 5.06. The summed E-state index contributed by atoms with van der Waals surface area (Å²) in [6.45, 7) is 4.63. The van der Waals surface area contributed by atoms with E-state index in [0.29, 0.717) is 34.4 Å².